The van der Waals surface area contributed by atoms with Gasteiger partial charge in [-0.1, -0.05) is 13.0 Å². The van der Waals surface area contributed by atoms with E-state index >= 15 is 0 Å². The largest absolute Gasteiger partial charge is 0.464 e. The topological polar surface area (TPSA) is 52.3 Å². The third-order valence-electron chi connectivity index (χ3n) is 1.92. The summed E-state index contributed by atoms with van der Waals surface area (Å²) in [6, 6.07) is 3.54. The fourth-order valence-electron chi connectivity index (χ4n) is 0.981. The first-order valence-corrected chi connectivity index (χ1v) is 5.56. The Morgan fingerprint density at radius 3 is 3.07 bits per heavy atom. The average Bonchev–Trinajstić information content (AvgIpc) is 2.69. The van der Waals surface area contributed by atoms with Crippen molar-refractivity contribution < 1.29 is 9.53 Å². The lowest BCUT2D eigenvalue weighted by Crippen LogP contribution is -2.31. The monoisotopic (exact) mass is 213 g/mol. The van der Waals surface area contributed by atoms with Crippen molar-refractivity contribution in [3.8, 4) is 0 Å². The molecule has 1 rings (SSSR count). The van der Waals surface area contributed by atoms with Crippen LogP contribution in [0.25, 0.3) is 0 Å². The summed E-state index contributed by atoms with van der Waals surface area (Å²) in [5.74, 6) is -0.302. The van der Waals surface area contributed by atoms with E-state index in [2.05, 4.69) is 0 Å². The normalized spacial score (nSPS) is 12.4. The zero-order valence-corrected chi connectivity index (χ0v) is 9.05. The Hall–Kier alpha value is -0.870. The molecule has 0 saturated carbocycles. The average molecular weight is 213 g/mol. The van der Waals surface area contributed by atoms with E-state index in [1.807, 2.05) is 24.4 Å². The molecule has 0 radical (unpaired) electrons. The Kier molecular flexibility index (Phi) is 4.62. The highest BCUT2D eigenvalue weighted by Crippen LogP contribution is 2.09. The van der Waals surface area contributed by atoms with Crippen molar-refractivity contribution in [2.24, 2.45) is 5.73 Å². The lowest BCUT2D eigenvalue weighted by molar-refractivity contribution is -0.145. The minimum atomic E-state index is -0.474. The number of esters is 1. The molecule has 2 N–H and O–H groups in total. The highest BCUT2D eigenvalue weighted by molar-refractivity contribution is 7.09. The lowest BCUT2D eigenvalue weighted by Gasteiger charge is -2.08. The molecule has 0 spiro atoms. The second-order valence-corrected chi connectivity index (χ2v) is 4.04. The predicted octanol–water partition coefficient (Wildman–Crippen LogP) is 1.57. The van der Waals surface area contributed by atoms with Crippen LogP contribution in [0.15, 0.2) is 17.5 Å². The Labute approximate surface area is 87.9 Å². The number of hydrogen-bond acceptors (Lipinski definition) is 4. The highest BCUT2D eigenvalue weighted by Gasteiger charge is 2.11. The number of carbonyl (C=O) groups is 1. The molecule has 0 aliphatic rings. The first-order valence-electron chi connectivity index (χ1n) is 4.68. The van der Waals surface area contributed by atoms with E-state index in [1.54, 1.807) is 11.3 Å². The smallest absolute Gasteiger partial charge is 0.322 e. The van der Waals surface area contributed by atoms with Crippen molar-refractivity contribution in [1.29, 1.82) is 0 Å². The molecule has 0 aliphatic carbocycles. The van der Waals surface area contributed by atoms with Gasteiger partial charge < -0.3 is 10.5 Å². The van der Waals surface area contributed by atoms with Crippen molar-refractivity contribution in [2.45, 2.75) is 25.8 Å². The van der Waals surface area contributed by atoms with Gasteiger partial charge in [0.05, 0.1) is 6.61 Å². The maximum atomic E-state index is 11.2. The Balaban J connectivity index is 2.18. The molecule has 78 valence electrons. The number of thiophene rings is 1. The molecule has 4 heteroatoms. The van der Waals surface area contributed by atoms with Gasteiger partial charge in [0.2, 0.25) is 0 Å². The van der Waals surface area contributed by atoms with E-state index in [1.165, 1.54) is 4.88 Å². The van der Waals surface area contributed by atoms with Crippen LogP contribution >= 0.6 is 11.3 Å². The first-order chi connectivity index (χ1) is 6.74. The summed E-state index contributed by atoms with van der Waals surface area (Å²) in [4.78, 5) is 12.4. The number of carbonyl (C=O) groups excluding carboxylic acids is 1. The minimum Gasteiger partial charge on any atom is -0.464 e. The fourth-order valence-corrected chi connectivity index (χ4v) is 1.67. The summed E-state index contributed by atoms with van der Waals surface area (Å²) >= 11 is 1.67. The summed E-state index contributed by atoms with van der Waals surface area (Å²) in [7, 11) is 0. The maximum Gasteiger partial charge on any atom is 0.322 e. The fraction of sp³-hybridized carbons (Fsp3) is 0.500. The molecule has 0 fully saturated rings. The molecule has 1 aromatic heterocycles. The van der Waals surface area contributed by atoms with Crippen LogP contribution in [-0.4, -0.2) is 18.6 Å². The van der Waals surface area contributed by atoms with E-state index < -0.39 is 6.04 Å². The van der Waals surface area contributed by atoms with Gasteiger partial charge in [-0.15, -0.1) is 11.3 Å². The molecule has 1 unspecified atom stereocenters. The van der Waals surface area contributed by atoms with Gasteiger partial charge >= 0.3 is 5.97 Å². The molecule has 1 atom stereocenters. The van der Waals surface area contributed by atoms with E-state index in [4.69, 9.17) is 10.5 Å². The second kappa shape index (κ2) is 5.78. The number of ether oxygens (including phenoxy) is 1. The van der Waals surface area contributed by atoms with E-state index in [0.717, 1.165) is 6.42 Å². The van der Waals surface area contributed by atoms with Gasteiger partial charge in [0.15, 0.2) is 0 Å². The summed E-state index contributed by atoms with van der Waals surface area (Å²) in [5.41, 5.74) is 5.50. The van der Waals surface area contributed by atoms with Gasteiger partial charge in [-0.05, 0) is 17.9 Å². The SMILES string of the molecule is CCC(N)C(=O)OCCc1cccs1. The molecule has 0 amide bonds. The van der Waals surface area contributed by atoms with E-state index in [-0.39, 0.29) is 5.97 Å². The van der Waals surface area contributed by atoms with Gasteiger partial charge in [-0.25, -0.2) is 0 Å². The van der Waals surface area contributed by atoms with Crippen molar-refractivity contribution in [3.63, 3.8) is 0 Å². The Bertz CT molecular complexity index is 272. The van der Waals surface area contributed by atoms with Crippen LogP contribution in [0.5, 0.6) is 0 Å². The second-order valence-electron chi connectivity index (χ2n) is 3.01. The van der Waals surface area contributed by atoms with E-state index in [0.29, 0.717) is 13.0 Å². The van der Waals surface area contributed by atoms with Crippen LogP contribution in [0.3, 0.4) is 0 Å². The molecule has 0 aromatic carbocycles. The van der Waals surface area contributed by atoms with Crippen molar-refractivity contribution in [1.82, 2.24) is 0 Å². The van der Waals surface area contributed by atoms with Crippen LogP contribution in [-0.2, 0) is 16.0 Å². The molecule has 0 aliphatic heterocycles. The van der Waals surface area contributed by atoms with Crippen molar-refractivity contribution >= 4 is 17.3 Å². The maximum absolute atomic E-state index is 11.2. The molecular weight excluding hydrogens is 198 g/mol. The highest BCUT2D eigenvalue weighted by atomic mass is 32.1. The molecule has 0 bridgehead atoms. The summed E-state index contributed by atoms with van der Waals surface area (Å²) in [6.45, 7) is 2.29. The van der Waals surface area contributed by atoms with Gasteiger partial charge in [-0.2, -0.15) is 0 Å². The number of nitrogens with two attached hydrogens (primary N) is 1. The van der Waals surface area contributed by atoms with Crippen molar-refractivity contribution in [3.05, 3.63) is 22.4 Å². The Morgan fingerprint density at radius 1 is 1.71 bits per heavy atom. The summed E-state index contributed by atoms with van der Waals surface area (Å²) in [6.07, 6.45) is 1.40. The molecule has 3 nitrogen and oxygen atoms in total. The molecule has 1 heterocycles. The standard InChI is InChI=1S/C10H15NO2S/c1-2-9(11)10(12)13-6-5-8-4-3-7-14-8/h3-4,7,9H,2,5-6,11H2,1H3. The number of hydrogen-bond donors (Lipinski definition) is 1. The summed E-state index contributed by atoms with van der Waals surface area (Å²) < 4.78 is 5.01. The van der Waals surface area contributed by atoms with Crippen LogP contribution in [0.2, 0.25) is 0 Å². The quantitative estimate of drug-likeness (QED) is 0.755. The molecule has 1 aromatic rings. The Morgan fingerprint density at radius 2 is 2.50 bits per heavy atom. The third-order valence-corrected chi connectivity index (χ3v) is 2.85. The van der Waals surface area contributed by atoms with Crippen molar-refractivity contribution in [2.75, 3.05) is 6.61 Å². The van der Waals surface area contributed by atoms with Crippen LogP contribution in [0.1, 0.15) is 18.2 Å². The van der Waals surface area contributed by atoms with E-state index in [9.17, 15) is 4.79 Å². The van der Waals surface area contributed by atoms with Crippen LogP contribution in [0, 0.1) is 0 Å². The number of rotatable bonds is 5. The lowest BCUT2D eigenvalue weighted by atomic mass is 10.2. The molecule has 14 heavy (non-hydrogen) atoms. The molecular formula is C10H15NO2S. The van der Waals surface area contributed by atoms with Gasteiger partial charge in [0.1, 0.15) is 6.04 Å². The third kappa shape index (κ3) is 3.47. The first kappa shape index (κ1) is 11.2. The minimum absolute atomic E-state index is 0.302. The van der Waals surface area contributed by atoms with Gasteiger partial charge in [-0.3, -0.25) is 4.79 Å². The predicted molar refractivity (Wildman–Crippen MR) is 57.2 cm³/mol. The van der Waals surface area contributed by atoms with Gasteiger partial charge in [0.25, 0.3) is 0 Å². The zero-order chi connectivity index (χ0) is 10.4. The van der Waals surface area contributed by atoms with Crippen LogP contribution < -0.4 is 5.73 Å². The van der Waals surface area contributed by atoms with Crippen LogP contribution in [0.4, 0.5) is 0 Å². The molecule has 0 saturated heterocycles. The van der Waals surface area contributed by atoms with Gasteiger partial charge in [0, 0.05) is 11.3 Å². The zero-order valence-electron chi connectivity index (χ0n) is 8.23. The summed E-state index contributed by atoms with van der Waals surface area (Å²) in [5, 5.41) is 2.01.